The normalized spacial score (nSPS) is 11.2. The molecule has 1 amide bonds. The zero-order valence-corrected chi connectivity index (χ0v) is 17.7. The Labute approximate surface area is 175 Å². The Hall–Kier alpha value is -3.39. The molecule has 0 bridgehead atoms. The monoisotopic (exact) mass is 426 g/mol. The fourth-order valence-electron chi connectivity index (χ4n) is 3.23. The molecule has 8 heteroatoms. The molecule has 0 saturated carbocycles. The zero-order chi connectivity index (χ0) is 21.9. The molecule has 0 fully saturated rings. The van der Waals surface area contributed by atoms with Gasteiger partial charge in [-0.15, -0.1) is 0 Å². The number of aromatic nitrogens is 1. The van der Waals surface area contributed by atoms with E-state index in [4.69, 9.17) is 4.74 Å². The number of para-hydroxylation sites is 2. The number of rotatable bonds is 6. The maximum Gasteiger partial charge on any atom is 0.340 e. The van der Waals surface area contributed by atoms with E-state index in [-0.39, 0.29) is 10.6 Å². The molecule has 156 valence electrons. The van der Waals surface area contributed by atoms with Crippen molar-refractivity contribution < 1.29 is 22.7 Å². The van der Waals surface area contributed by atoms with Crippen molar-refractivity contribution in [2.24, 2.45) is 0 Å². The van der Waals surface area contributed by atoms with E-state index in [9.17, 15) is 18.0 Å². The van der Waals surface area contributed by atoms with Gasteiger partial charge in [0.05, 0.1) is 16.1 Å². The Morgan fingerprint density at radius 2 is 1.63 bits per heavy atom. The highest BCUT2D eigenvalue weighted by Crippen LogP contribution is 2.22. The van der Waals surface area contributed by atoms with Gasteiger partial charge in [0.15, 0.2) is 16.4 Å². The van der Waals surface area contributed by atoms with Gasteiger partial charge < -0.3 is 14.6 Å². The van der Waals surface area contributed by atoms with Gasteiger partial charge in [-0.2, -0.15) is 0 Å². The molecular formula is C22H22N2O5S. The molecule has 0 saturated heterocycles. The Balaban J connectivity index is 1.71. The van der Waals surface area contributed by atoms with Crippen molar-refractivity contribution >= 4 is 27.4 Å². The van der Waals surface area contributed by atoms with Crippen molar-refractivity contribution in [3.05, 3.63) is 77.6 Å². The number of ether oxygens (including phenoxy) is 1. The molecule has 0 aliphatic heterocycles. The Bertz CT molecular complexity index is 1200. The maximum atomic E-state index is 12.5. The van der Waals surface area contributed by atoms with E-state index in [1.165, 1.54) is 12.1 Å². The number of carbonyl (C=O) groups excluding carboxylic acids is 2. The number of nitrogens with one attached hydrogen (secondary N) is 1. The summed E-state index contributed by atoms with van der Waals surface area (Å²) in [5.41, 5.74) is 2.98. The summed E-state index contributed by atoms with van der Waals surface area (Å²) >= 11 is 0. The van der Waals surface area contributed by atoms with Gasteiger partial charge in [-0.3, -0.25) is 4.79 Å². The summed E-state index contributed by atoms with van der Waals surface area (Å²) in [6.07, 6.45) is 1.06. The third kappa shape index (κ3) is 4.60. The van der Waals surface area contributed by atoms with Crippen molar-refractivity contribution in [3.8, 4) is 5.69 Å². The number of esters is 1. The number of carbonyl (C=O) groups is 2. The second-order valence-electron chi connectivity index (χ2n) is 6.85. The SMILES string of the molecule is Cc1cc(C(=O)OCC(=O)Nc2ccccc2S(C)(=O)=O)c(C)n1-c1ccccc1. The fourth-order valence-corrected chi connectivity index (χ4v) is 4.08. The minimum Gasteiger partial charge on any atom is -0.452 e. The van der Waals surface area contributed by atoms with Crippen molar-refractivity contribution in [1.82, 2.24) is 4.57 Å². The second-order valence-corrected chi connectivity index (χ2v) is 8.83. The first kappa shape index (κ1) is 21.3. The van der Waals surface area contributed by atoms with Gasteiger partial charge in [-0.05, 0) is 44.2 Å². The molecule has 0 radical (unpaired) electrons. The van der Waals surface area contributed by atoms with Gasteiger partial charge in [0, 0.05) is 23.3 Å². The quantitative estimate of drug-likeness (QED) is 0.611. The standard InChI is InChI=1S/C22H22N2O5S/c1-15-13-18(16(2)24(15)17-9-5-4-6-10-17)22(26)29-14-21(25)23-19-11-7-8-12-20(19)30(3,27)28/h4-13H,14H2,1-3H3,(H,23,25). The van der Waals surface area contributed by atoms with E-state index in [0.717, 1.165) is 17.6 Å². The maximum absolute atomic E-state index is 12.5. The smallest absolute Gasteiger partial charge is 0.340 e. The lowest BCUT2D eigenvalue weighted by Gasteiger charge is -2.11. The first-order valence-corrected chi connectivity index (χ1v) is 11.1. The molecule has 3 rings (SSSR count). The summed E-state index contributed by atoms with van der Waals surface area (Å²) < 4.78 is 30.8. The first-order chi connectivity index (χ1) is 14.2. The van der Waals surface area contributed by atoms with Gasteiger partial charge in [0.25, 0.3) is 5.91 Å². The van der Waals surface area contributed by atoms with Crippen LogP contribution in [0.3, 0.4) is 0 Å². The molecule has 0 unspecified atom stereocenters. The molecule has 1 N–H and O–H groups in total. The molecule has 3 aromatic rings. The third-order valence-electron chi connectivity index (χ3n) is 4.56. The Morgan fingerprint density at radius 3 is 2.30 bits per heavy atom. The number of hydrogen-bond donors (Lipinski definition) is 1. The molecule has 0 aliphatic carbocycles. The van der Waals surface area contributed by atoms with Crippen LogP contribution in [0.4, 0.5) is 5.69 Å². The number of anilines is 1. The average Bonchev–Trinajstić information content (AvgIpc) is 3.00. The van der Waals surface area contributed by atoms with Gasteiger partial charge in [-0.25, -0.2) is 13.2 Å². The molecule has 1 heterocycles. The lowest BCUT2D eigenvalue weighted by Crippen LogP contribution is -2.22. The Kier molecular flexibility index (Phi) is 6.07. The van der Waals surface area contributed by atoms with Gasteiger partial charge in [0.1, 0.15) is 0 Å². The predicted molar refractivity (Wildman–Crippen MR) is 114 cm³/mol. The average molecular weight is 426 g/mol. The van der Waals surface area contributed by atoms with Crippen LogP contribution in [0.25, 0.3) is 5.69 Å². The highest BCUT2D eigenvalue weighted by molar-refractivity contribution is 7.90. The second kappa shape index (κ2) is 8.54. The lowest BCUT2D eigenvalue weighted by atomic mass is 10.2. The van der Waals surface area contributed by atoms with Crippen LogP contribution in [0.1, 0.15) is 21.7 Å². The van der Waals surface area contributed by atoms with Crippen LogP contribution in [0.2, 0.25) is 0 Å². The zero-order valence-electron chi connectivity index (χ0n) is 16.9. The predicted octanol–water partition coefficient (Wildman–Crippen LogP) is 3.29. The number of amides is 1. The summed E-state index contributed by atoms with van der Waals surface area (Å²) in [7, 11) is -3.51. The highest BCUT2D eigenvalue weighted by Gasteiger charge is 2.20. The minimum atomic E-state index is -3.51. The molecule has 2 aromatic carbocycles. The van der Waals surface area contributed by atoms with E-state index < -0.39 is 28.3 Å². The van der Waals surface area contributed by atoms with E-state index in [0.29, 0.717) is 11.3 Å². The highest BCUT2D eigenvalue weighted by atomic mass is 32.2. The minimum absolute atomic E-state index is 0.00363. The number of aryl methyl sites for hydroxylation is 1. The fraction of sp³-hybridized carbons (Fsp3) is 0.182. The summed E-state index contributed by atoms with van der Waals surface area (Å²) in [6.45, 7) is 3.15. The van der Waals surface area contributed by atoms with Crippen molar-refractivity contribution in [1.29, 1.82) is 0 Å². The number of nitrogens with zero attached hydrogens (tertiary/aromatic N) is 1. The lowest BCUT2D eigenvalue weighted by molar-refractivity contribution is -0.119. The topological polar surface area (TPSA) is 94.5 Å². The van der Waals surface area contributed by atoms with Crippen molar-refractivity contribution in [3.63, 3.8) is 0 Å². The van der Waals surface area contributed by atoms with Crippen molar-refractivity contribution in [2.45, 2.75) is 18.7 Å². The van der Waals surface area contributed by atoms with Crippen LogP contribution in [0.15, 0.2) is 65.6 Å². The summed E-state index contributed by atoms with van der Waals surface area (Å²) in [5.74, 6) is -1.26. The van der Waals surface area contributed by atoms with Gasteiger partial charge in [0.2, 0.25) is 0 Å². The van der Waals surface area contributed by atoms with E-state index in [1.54, 1.807) is 25.1 Å². The first-order valence-electron chi connectivity index (χ1n) is 9.19. The van der Waals surface area contributed by atoms with Crippen LogP contribution in [-0.2, 0) is 19.4 Å². The third-order valence-corrected chi connectivity index (χ3v) is 5.72. The van der Waals surface area contributed by atoms with Crippen LogP contribution in [0.5, 0.6) is 0 Å². The molecule has 7 nitrogen and oxygen atoms in total. The summed E-state index contributed by atoms with van der Waals surface area (Å²) in [6, 6.07) is 17.3. The molecule has 30 heavy (non-hydrogen) atoms. The van der Waals surface area contributed by atoms with E-state index >= 15 is 0 Å². The molecule has 0 spiro atoms. The van der Waals surface area contributed by atoms with E-state index in [1.807, 2.05) is 41.8 Å². The molecule has 0 atom stereocenters. The number of benzene rings is 2. The van der Waals surface area contributed by atoms with Crippen LogP contribution in [-0.4, -0.2) is 37.7 Å². The largest absolute Gasteiger partial charge is 0.452 e. The van der Waals surface area contributed by atoms with Crippen LogP contribution >= 0.6 is 0 Å². The molecule has 1 aromatic heterocycles. The summed E-state index contributed by atoms with van der Waals surface area (Å²) in [5, 5.41) is 2.48. The van der Waals surface area contributed by atoms with Crippen LogP contribution < -0.4 is 5.32 Å². The van der Waals surface area contributed by atoms with Gasteiger partial charge >= 0.3 is 5.97 Å². The Morgan fingerprint density at radius 1 is 1.00 bits per heavy atom. The number of sulfone groups is 1. The number of hydrogen-bond acceptors (Lipinski definition) is 5. The van der Waals surface area contributed by atoms with Gasteiger partial charge in [-0.1, -0.05) is 30.3 Å². The summed E-state index contributed by atoms with van der Waals surface area (Å²) in [4.78, 5) is 24.7. The molecular weight excluding hydrogens is 404 g/mol. The van der Waals surface area contributed by atoms with E-state index in [2.05, 4.69) is 5.32 Å². The van der Waals surface area contributed by atoms with Crippen molar-refractivity contribution in [2.75, 3.05) is 18.2 Å². The molecule has 0 aliphatic rings. The van der Waals surface area contributed by atoms with Crippen LogP contribution in [0, 0.1) is 13.8 Å².